The second-order valence-corrected chi connectivity index (χ2v) is 5.83. The number of ether oxygens (including phenoxy) is 2. The number of benzene rings is 1. The molecule has 1 saturated heterocycles. The molecule has 1 aliphatic rings. The predicted octanol–water partition coefficient (Wildman–Crippen LogP) is 3.35. The summed E-state index contributed by atoms with van der Waals surface area (Å²) in [6.45, 7) is 5.56. The fourth-order valence-electron chi connectivity index (χ4n) is 2.82. The first kappa shape index (κ1) is 15.8. The normalized spacial score (nSPS) is 22.9. The van der Waals surface area contributed by atoms with Gasteiger partial charge in [-0.3, -0.25) is 0 Å². The second kappa shape index (κ2) is 7.99. The number of rotatable bonds is 6. The molecule has 1 heterocycles. The number of hydrogen-bond donors (Lipinski definition) is 1. The third-order valence-electron chi connectivity index (χ3n) is 3.87. The lowest BCUT2D eigenvalue weighted by Crippen LogP contribution is -2.33. The summed E-state index contributed by atoms with van der Waals surface area (Å²) in [5, 5.41) is 4.24. The third kappa shape index (κ3) is 4.19. The molecule has 1 aliphatic heterocycles. The summed E-state index contributed by atoms with van der Waals surface area (Å²) in [5.74, 6) is 0.514. The molecule has 0 radical (unpaired) electrons. The maximum Gasteiger partial charge on any atom is 0.0867 e. The summed E-state index contributed by atoms with van der Waals surface area (Å²) < 4.78 is 11.1. The van der Waals surface area contributed by atoms with E-state index in [1.54, 1.807) is 7.11 Å². The van der Waals surface area contributed by atoms with Crippen LogP contribution in [-0.2, 0) is 9.47 Å². The molecule has 3 nitrogen and oxygen atoms in total. The highest BCUT2D eigenvalue weighted by atomic mass is 35.5. The van der Waals surface area contributed by atoms with Gasteiger partial charge in [-0.05, 0) is 43.0 Å². The minimum absolute atomic E-state index is 0.177. The molecule has 1 N–H and O–H groups in total. The van der Waals surface area contributed by atoms with Gasteiger partial charge in [-0.25, -0.2) is 0 Å². The highest BCUT2D eigenvalue weighted by Crippen LogP contribution is 2.35. The first-order chi connectivity index (χ1) is 9.72. The van der Waals surface area contributed by atoms with Crippen LogP contribution in [0.1, 0.15) is 30.1 Å². The van der Waals surface area contributed by atoms with E-state index in [9.17, 15) is 0 Å². The maximum absolute atomic E-state index is 6.04. The van der Waals surface area contributed by atoms with Gasteiger partial charge < -0.3 is 14.8 Å². The van der Waals surface area contributed by atoms with Crippen molar-refractivity contribution in [3.63, 3.8) is 0 Å². The molecule has 1 fully saturated rings. The van der Waals surface area contributed by atoms with Gasteiger partial charge >= 0.3 is 0 Å². The van der Waals surface area contributed by atoms with Crippen LogP contribution in [0.25, 0.3) is 0 Å². The van der Waals surface area contributed by atoms with Gasteiger partial charge in [0.1, 0.15) is 0 Å². The molecule has 20 heavy (non-hydrogen) atoms. The van der Waals surface area contributed by atoms with Crippen molar-refractivity contribution < 1.29 is 9.47 Å². The van der Waals surface area contributed by atoms with Gasteiger partial charge in [-0.2, -0.15) is 0 Å². The van der Waals surface area contributed by atoms with Gasteiger partial charge in [-0.15, -0.1) is 0 Å². The number of methoxy groups -OCH3 is 1. The summed E-state index contributed by atoms with van der Waals surface area (Å²) in [7, 11) is 1.73. The Labute approximate surface area is 126 Å². The molecule has 2 atom stereocenters. The average Bonchev–Trinajstić information content (AvgIpc) is 2.44. The van der Waals surface area contributed by atoms with E-state index in [0.717, 1.165) is 37.7 Å². The van der Waals surface area contributed by atoms with Crippen molar-refractivity contribution in [3.05, 3.63) is 34.3 Å². The SMILES string of the molecule is COCCNCC1CCCOC1c1ccc(Cl)cc1C. The zero-order valence-electron chi connectivity index (χ0n) is 12.3. The minimum atomic E-state index is 0.177. The Morgan fingerprint density at radius 1 is 1.45 bits per heavy atom. The highest BCUT2D eigenvalue weighted by Gasteiger charge is 2.28. The Balaban J connectivity index is 2.02. The monoisotopic (exact) mass is 297 g/mol. The fraction of sp³-hybridized carbons (Fsp3) is 0.625. The van der Waals surface area contributed by atoms with Crippen LogP contribution < -0.4 is 5.32 Å². The Hall–Kier alpha value is -0.610. The van der Waals surface area contributed by atoms with Crippen molar-refractivity contribution >= 4 is 11.6 Å². The molecule has 1 aromatic rings. The molecule has 2 rings (SSSR count). The Kier molecular flexibility index (Phi) is 6.30. The van der Waals surface area contributed by atoms with Crippen LogP contribution in [0.2, 0.25) is 5.02 Å². The lowest BCUT2D eigenvalue weighted by atomic mass is 9.87. The topological polar surface area (TPSA) is 30.5 Å². The van der Waals surface area contributed by atoms with E-state index in [0.29, 0.717) is 5.92 Å². The molecule has 4 heteroatoms. The van der Waals surface area contributed by atoms with Crippen LogP contribution in [0.4, 0.5) is 0 Å². The van der Waals surface area contributed by atoms with Gasteiger partial charge in [0.2, 0.25) is 0 Å². The van der Waals surface area contributed by atoms with E-state index in [1.807, 2.05) is 12.1 Å². The molecule has 0 saturated carbocycles. The zero-order chi connectivity index (χ0) is 14.4. The number of halogens is 1. The molecule has 112 valence electrons. The summed E-state index contributed by atoms with van der Waals surface area (Å²) in [6, 6.07) is 6.08. The van der Waals surface area contributed by atoms with Gasteiger partial charge in [-0.1, -0.05) is 17.7 Å². The molecule has 1 aromatic carbocycles. The average molecular weight is 298 g/mol. The molecule has 0 amide bonds. The van der Waals surface area contributed by atoms with Crippen molar-refractivity contribution in [2.45, 2.75) is 25.9 Å². The lowest BCUT2D eigenvalue weighted by Gasteiger charge is -2.33. The molecule has 0 spiro atoms. The quantitative estimate of drug-likeness (QED) is 0.817. The van der Waals surface area contributed by atoms with Crippen LogP contribution in [0.15, 0.2) is 18.2 Å². The lowest BCUT2D eigenvalue weighted by molar-refractivity contribution is -0.0283. The molecule has 0 aromatic heterocycles. The largest absolute Gasteiger partial charge is 0.383 e. The first-order valence-corrected chi connectivity index (χ1v) is 7.67. The van der Waals surface area contributed by atoms with Crippen LogP contribution >= 0.6 is 11.6 Å². The summed E-state index contributed by atoms with van der Waals surface area (Å²) in [4.78, 5) is 0. The fourth-order valence-corrected chi connectivity index (χ4v) is 3.04. The Bertz CT molecular complexity index is 425. The van der Waals surface area contributed by atoms with E-state index in [2.05, 4.69) is 18.3 Å². The summed E-state index contributed by atoms with van der Waals surface area (Å²) >= 11 is 6.04. The van der Waals surface area contributed by atoms with Gasteiger partial charge in [0, 0.05) is 37.7 Å². The predicted molar refractivity (Wildman–Crippen MR) is 82.4 cm³/mol. The Morgan fingerprint density at radius 3 is 3.05 bits per heavy atom. The molecule has 0 bridgehead atoms. The number of nitrogens with one attached hydrogen (secondary N) is 1. The van der Waals surface area contributed by atoms with Crippen LogP contribution in [-0.4, -0.2) is 33.4 Å². The summed E-state index contributed by atoms with van der Waals surface area (Å²) in [5.41, 5.74) is 2.49. The second-order valence-electron chi connectivity index (χ2n) is 5.39. The smallest absolute Gasteiger partial charge is 0.0867 e. The maximum atomic E-state index is 6.04. The molecule has 2 unspecified atom stereocenters. The standard InChI is InChI=1S/C16H24ClNO2/c1-12-10-14(17)5-6-15(12)16-13(4-3-8-20-16)11-18-7-9-19-2/h5-6,10,13,16,18H,3-4,7-9,11H2,1-2H3. The van der Waals surface area contributed by atoms with Crippen molar-refractivity contribution in [3.8, 4) is 0 Å². The van der Waals surface area contributed by atoms with Crippen molar-refractivity contribution in [2.24, 2.45) is 5.92 Å². The molecular formula is C16H24ClNO2. The van der Waals surface area contributed by atoms with Gasteiger partial charge in [0.25, 0.3) is 0 Å². The van der Waals surface area contributed by atoms with E-state index < -0.39 is 0 Å². The number of hydrogen-bond acceptors (Lipinski definition) is 3. The van der Waals surface area contributed by atoms with Gasteiger partial charge in [0.05, 0.1) is 12.7 Å². The molecule has 0 aliphatic carbocycles. The van der Waals surface area contributed by atoms with Crippen molar-refractivity contribution in [2.75, 3.05) is 33.4 Å². The minimum Gasteiger partial charge on any atom is -0.383 e. The number of aryl methyl sites for hydroxylation is 1. The molecular weight excluding hydrogens is 274 g/mol. The van der Waals surface area contributed by atoms with E-state index in [1.165, 1.54) is 17.5 Å². The summed E-state index contributed by atoms with van der Waals surface area (Å²) in [6.07, 6.45) is 2.52. The first-order valence-electron chi connectivity index (χ1n) is 7.29. The van der Waals surface area contributed by atoms with Crippen molar-refractivity contribution in [1.82, 2.24) is 5.32 Å². The third-order valence-corrected chi connectivity index (χ3v) is 4.11. The van der Waals surface area contributed by atoms with E-state index >= 15 is 0 Å². The highest BCUT2D eigenvalue weighted by molar-refractivity contribution is 6.30. The van der Waals surface area contributed by atoms with Gasteiger partial charge in [0.15, 0.2) is 0 Å². The Morgan fingerprint density at radius 2 is 2.30 bits per heavy atom. The van der Waals surface area contributed by atoms with E-state index in [-0.39, 0.29) is 6.10 Å². The van der Waals surface area contributed by atoms with E-state index in [4.69, 9.17) is 21.1 Å². The van der Waals surface area contributed by atoms with Crippen LogP contribution in [0.3, 0.4) is 0 Å². The van der Waals surface area contributed by atoms with Crippen LogP contribution in [0, 0.1) is 12.8 Å². The zero-order valence-corrected chi connectivity index (χ0v) is 13.1. The van der Waals surface area contributed by atoms with Crippen LogP contribution in [0.5, 0.6) is 0 Å². The van der Waals surface area contributed by atoms with Crippen molar-refractivity contribution in [1.29, 1.82) is 0 Å².